The number of benzene rings is 1. The molecule has 0 spiro atoms. The Labute approximate surface area is 101 Å². The molecule has 0 radical (unpaired) electrons. The van der Waals surface area contributed by atoms with E-state index in [1.54, 1.807) is 24.3 Å². The maximum Gasteiger partial charge on any atom is 0.266 e. The standard InChI is InChI=1S/C11H13BrF2O2/c1-11(15,10(13)14)6-7-16-9-4-2-8(12)3-5-9/h2-5,10,15H,6-7H2,1H3/t11-/m0/s1. The molecule has 0 aliphatic carbocycles. The second kappa shape index (κ2) is 5.59. The summed E-state index contributed by atoms with van der Waals surface area (Å²) >= 11 is 3.27. The molecular weight excluding hydrogens is 282 g/mol. The molecule has 90 valence electrons. The Morgan fingerprint density at radius 1 is 1.38 bits per heavy atom. The molecule has 0 aromatic heterocycles. The fraction of sp³-hybridized carbons (Fsp3) is 0.455. The Morgan fingerprint density at radius 3 is 2.44 bits per heavy atom. The summed E-state index contributed by atoms with van der Waals surface area (Å²) in [5.41, 5.74) is -1.99. The van der Waals surface area contributed by atoms with Crippen molar-refractivity contribution in [1.82, 2.24) is 0 Å². The molecule has 1 rings (SSSR count). The Bertz CT molecular complexity index is 325. The molecule has 1 N–H and O–H groups in total. The van der Waals surface area contributed by atoms with Crippen molar-refractivity contribution in [2.75, 3.05) is 6.61 Å². The molecule has 0 amide bonds. The van der Waals surface area contributed by atoms with E-state index in [0.29, 0.717) is 5.75 Å². The van der Waals surface area contributed by atoms with Gasteiger partial charge in [-0.1, -0.05) is 15.9 Å². The third kappa shape index (κ3) is 4.06. The van der Waals surface area contributed by atoms with Gasteiger partial charge < -0.3 is 9.84 Å². The normalized spacial score (nSPS) is 14.9. The molecule has 0 aliphatic heterocycles. The highest BCUT2D eigenvalue weighted by Gasteiger charge is 2.31. The van der Waals surface area contributed by atoms with E-state index in [9.17, 15) is 13.9 Å². The first-order chi connectivity index (χ1) is 7.42. The van der Waals surface area contributed by atoms with Gasteiger partial charge in [-0.15, -0.1) is 0 Å². The molecule has 0 heterocycles. The predicted molar refractivity (Wildman–Crippen MR) is 60.9 cm³/mol. The number of alkyl halides is 2. The average molecular weight is 295 g/mol. The smallest absolute Gasteiger partial charge is 0.266 e. The fourth-order valence-corrected chi connectivity index (χ4v) is 1.28. The van der Waals surface area contributed by atoms with Crippen LogP contribution < -0.4 is 4.74 Å². The van der Waals surface area contributed by atoms with Crippen molar-refractivity contribution in [3.8, 4) is 5.75 Å². The lowest BCUT2D eigenvalue weighted by molar-refractivity contribution is -0.0926. The summed E-state index contributed by atoms with van der Waals surface area (Å²) in [6.45, 7) is 1.15. The van der Waals surface area contributed by atoms with E-state index in [0.717, 1.165) is 11.4 Å². The zero-order chi connectivity index (χ0) is 12.2. The summed E-state index contributed by atoms with van der Waals surface area (Å²) in [5.74, 6) is 0.591. The van der Waals surface area contributed by atoms with Gasteiger partial charge in [0.1, 0.15) is 11.4 Å². The van der Waals surface area contributed by atoms with Crippen molar-refractivity contribution in [1.29, 1.82) is 0 Å². The lowest BCUT2D eigenvalue weighted by Gasteiger charge is -2.21. The van der Waals surface area contributed by atoms with Gasteiger partial charge in [-0.2, -0.15) is 0 Å². The number of hydrogen-bond donors (Lipinski definition) is 1. The first kappa shape index (κ1) is 13.4. The van der Waals surface area contributed by atoms with Crippen molar-refractivity contribution in [2.24, 2.45) is 0 Å². The Balaban J connectivity index is 2.39. The molecular formula is C11H13BrF2O2. The highest BCUT2D eigenvalue weighted by molar-refractivity contribution is 9.10. The molecule has 1 atom stereocenters. The SMILES string of the molecule is C[C@](O)(CCOc1ccc(Br)cc1)C(F)F. The molecule has 5 heteroatoms. The van der Waals surface area contributed by atoms with E-state index in [-0.39, 0.29) is 13.0 Å². The molecule has 1 aromatic carbocycles. The minimum Gasteiger partial charge on any atom is -0.493 e. The van der Waals surface area contributed by atoms with Gasteiger partial charge in [0.05, 0.1) is 6.61 Å². The highest BCUT2D eigenvalue weighted by Crippen LogP contribution is 2.21. The Morgan fingerprint density at radius 2 is 1.94 bits per heavy atom. The van der Waals surface area contributed by atoms with Gasteiger partial charge in [0.25, 0.3) is 6.43 Å². The molecule has 16 heavy (non-hydrogen) atoms. The lowest BCUT2D eigenvalue weighted by atomic mass is 10.0. The zero-order valence-corrected chi connectivity index (χ0v) is 10.4. The van der Waals surface area contributed by atoms with E-state index in [4.69, 9.17) is 4.74 Å². The molecule has 0 saturated heterocycles. The summed E-state index contributed by atoms with van der Waals surface area (Å²) in [6, 6.07) is 7.03. The summed E-state index contributed by atoms with van der Waals surface area (Å²) in [4.78, 5) is 0. The average Bonchev–Trinajstić information content (AvgIpc) is 2.20. The van der Waals surface area contributed by atoms with Crippen molar-refractivity contribution < 1.29 is 18.6 Å². The van der Waals surface area contributed by atoms with Crippen LogP contribution in [0.3, 0.4) is 0 Å². The first-order valence-electron chi connectivity index (χ1n) is 4.81. The Hall–Kier alpha value is -0.680. The quantitative estimate of drug-likeness (QED) is 0.903. The number of halogens is 3. The predicted octanol–water partition coefficient (Wildman–Crippen LogP) is 3.23. The second-order valence-electron chi connectivity index (χ2n) is 3.71. The van der Waals surface area contributed by atoms with Crippen molar-refractivity contribution in [3.63, 3.8) is 0 Å². The van der Waals surface area contributed by atoms with E-state index >= 15 is 0 Å². The third-order valence-electron chi connectivity index (χ3n) is 2.16. The zero-order valence-electron chi connectivity index (χ0n) is 8.79. The van der Waals surface area contributed by atoms with E-state index in [1.807, 2.05) is 0 Å². The van der Waals surface area contributed by atoms with Crippen molar-refractivity contribution >= 4 is 15.9 Å². The van der Waals surface area contributed by atoms with Crippen molar-refractivity contribution in [2.45, 2.75) is 25.4 Å². The number of hydrogen-bond acceptors (Lipinski definition) is 2. The van der Waals surface area contributed by atoms with Crippen LogP contribution in [0.4, 0.5) is 8.78 Å². The van der Waals surface area contributed by atoms with Crippen LogP contribution in [0, 0.1) is 0 Å². The van der Waals surface area contributed by atoms with E-state index < -0.39 is 12.0 Å². The molecule has 0 bridgehead atoms. The minimum absolute atomic E-state index is 0.0545. The monoisotopic (exact) mass is 294 g/mol. The summed E-state index contributed by atoms with van der Waals surface area (Å²) < 4.78 is 30.7. The summed E-state index contributed by atoms with van der Waals surface area (Å²) in [5, 5.41) is 9.28. The fourth-order valence-electron chi connectivity index (χ4n) is 1.02. The van der Waals surface area contributed by atoms with Crippen LogP contribution in [0.25, 0.3) is 0 Å². The van der Waals surface area contributed by atoms with E-state index in [1.165, 1.54) is 0 Å². The van der Waals surface area contributed by atoms with Gasteiger partial charge in [0.15, 0.2) is 0 Å². The van der Waals surface area contributed by atoms with Gasteiger partial charge in [-0.25, -0.2) is 8.78 Å². The lowest BCUT2D eigenvalue weighted by Crippen LogP contribution is -2.35. The van der Waals surface area contributed by atoms with Crippen LogP contribution in [0.5, 0.6) is 5.75 Å². The second-order valence-corrected chi connectivity index (χ2v) is 4.63. The number of ether oxygens (including phenoxy) is 1. The van der Waals surface area contributed by atoms with Gasteiger partial charge in [-0.05, 0) is 31.2 Å². The van der Waals surface area contributed by atoms with Gasteiger partial charge in [0.2, 0.25) is 0 Å². The van der Waals surface area contributed by atoms with Crippen molar-refractivity contribution in [3.05, 3.63) is 28.7 Å². The minimum atomic E-state index is -2.76. The van der Waals surface area contributed by atoms with Crippen LogP contribution in [0.15, 0.2) is 28.7 Å². The van der Waals surface area contributed by atoms with E-state index in [2.05, 4.69) is 15.9 Å². The first-order valence-corrected chi connectivity index (χ1v) is 5.60. The van der Waals surface area contributed by atoms with Crippen LogP contribution in [0.2, 0.25) is 0 Å². The molecule has 0 fully saturated rings. The Kier molecular flexibility index (Phi) is 4.68. The molecule has 1 aromatic rings. The third-order valence-corrected chi connectivity index (χ3v) is 2.69. The van der Waals surface area contributed by atoms with Gasteiger partial charge in [0, 0.05) is 10.9 Å². The molecule has 0 unspecified atom stereocenters. The van der Waals surface area contributed by atoms with Crippen LogP contribution in [0.1, 0.15) is 13.3 Å². The topological polar surface area (TPSA) is 29.5 Å². The maximum absolute atomic E-state index is 12.3. The molecule has 0 aliphatic rings. The number of rotatable bonds is 5. The van der Waals surface area contributed by atoms with Gasteiger partial charge in [-0.3, -0.25) is 0 Å². The van der Waals surface area contributed by atoms with Crippen LogP contribution in [-0.2, 0) is 0 Å². The largest absolute Gasteiger partial charge is 0.493 e. The molecule has 0 saturated carbocycles. The molecule has 2 nitrogen and oxygen atoms in total. The van der Waals surface area contributed by atoms with Gasteiger partial charge >= 0.3 is 0 Å². The van der Waals surface area contributed by atoms with Crippen LogP contribution >= 0.6 is 15.9 Å². The summed E-state index contributed by atoms with van der Waals surface area (Å²) in [6.07, 6.45) is -2.87. The highest BCUT2D eigenvalue weighted by atomic mass is 79.9. The number of aliphatic hydroxyl groups is 1. The maximum atomic E-state index is 12.3. The van der Waals surface area contributed by atoms with Crippen LogP contribution in [-0.4, -0.2) is 23.7 Å². The summed E-state index contributed by atoms with van der Waals surface area (Å²) in [7, 11) is 0.